The smallest absolute Gasteiger partial charge is 0.289 e. The van der Waals surface area contributed by atoms with Crippen LogP contribution in [0.2, 0.25) is 0 Å². The number of benzene rings is 3. The molecule has 0 atom stereocenters. The van der Waals surface area contributed by atoms with Gasteiger partial charge in [-0.05, 0) is 36.4 Å². The monoisotopic (exact) mass is 476 g/mol. The SMILES string of the molecule is C=CCOc1ccccc1N=N/C(=N\Nc1ccccc1OCC=C)S(=O)(=O)c1ccccc1. The molecule has 0 aliphatic carbocycles. The Hall–Kier alpha value is -4.24. The highest BCUT2D eigenvalue weighted by Gasteiger charge is 2.23. The maximum Gasteiger partial charge on any atom is 0.289 e. The van der Waals surface area contributed by atoms with Gasteiger partial charge in [-0.25, -0.2) is 8.42 Å². The normalized spacial score (nSPS) is 11.7. The summed E-state index contributed by atoms with van der Waals surface area (Å²) in [5.41, 5.74) is 3.53. The lowest BCUT2D eigenvalue weighted by Gasteiger charge is -2.10. The Bertz CT molecular complexity index is 1290. The van der Waals surface area contributed by atoms with E-state index in [9.17, 15) is 8.42 Å². The largest absolute Gasteiger partial charge is 0.487 e. The number of nitrogens with one attached hydrogen (secondary N) is 1. The predicted octanol–water partition coefficient (Wildman–Crippen LogP) is 5.76. The lowest BCUT2D eigenvalue weighted by atomic mass is 10.3. The third-order valence-corrected chi connectivity index (χ3v) is 5.82. The summed E-state index contributed by atoms with van der Waals surface area (Å²) in [4.78, 5) is 0.0295. The van der Waals surface area contributed by atoms with Crippen molar-refractivity contribution in [3.05, 3.63) is 104 Å². The van der Waals surface area contributed by atoms with E-state index in [2.05, 4.69) is 33.9 Å². The van der Waals surface area contributed by atoms with Gasteiger partial charge in [0.2, 0.25) is 9.84 Å². The minimum atomic E-state index is -4.09. The summed E-state index contributed by atoms with van der Waals surface area (Å²) in [6.45, 7) is 7.79. The van der Waals surface area contributed by atoms with E-state index in [0.717, 1.165) is 0 Å². The van der Waals surface area contributed by atoms with E-state index in [1.165, 1.54) is 12.1 Å². The van der Waals surface area contributed by atoms with Gasteiger partial charge in [0.05, 0.1) is 10.6 Å². The molecule has 0 aromatic heterocycles. The van der Waals surface area contributed by atoms with Crippen molar-refractivity contribution in [2.24, 2.45) is 15.3 Å². The number of hydrogen-bond donors (Lipinski definition) is 1. The van der Waals surface area contributed by atoms with Crippen LogP contribution in [0.15, 0.2) is 124 Å². The minimum Gasteiger partial charge on any atom is -0.487 e. The van der Waals surface area contributed by atoms with E-state index in [1.54, 1.807) is 78.9 Å². The van der Waals surface area contributed by atoms with Crippen LogP contribution in [0.25, 0.3) is 0 Å². The van der Waals surface area contributed by atoms with Crippen LogP contribution in [0, 0.1) is 0 Å². The highest BCUT2D eigenvalue weighted by atomic mass is 32.2. The van der Waals surface area contributed by atoms with Crippen LogP contribution in [0.4, 0.5) is 11.4 Å². The van der Waals surface area contributed by atoms with Gasteiger partial charge >= 0.3 is 0 Å². The van der Waals surface area contributed by atoms with E-state index in [0.29, 0.717) is 22.9 Å². The maximum absolute atomic E-state index is 13.3. The van der Waals surface area contributed by atoms with Crippen LogP contribution in [0.5, 0.6) is 11.5 Å². The van der Waals surface area contributed by atoms with Gasteiger partial charge in [-0.2, -0.15) is 0 Å². The zero-order valence-corrected chi connectivity index (χ0v) is 19.2. The quantitative estimate of drug-likeness (QED) is 0.132. The van der Waals surface area contributed by atoms with E-state index in [1.807, 2.05) is 0 Å². The Kier molecular flexibility index (Phi) is 8.70. The Morgan fingerprint density at radius 3 is 2.12 bits per heavy atom. The molecule has 0 fully saturated rings. The van der Waals surface area contributed by atoms with Crippen molar-refractivity contribution in [2.45, 2.75) is 4.90 Å². The van der Waals surface area contributed by atoms with Crippen molar-refractivity contribution < 1.29 is 17.9 Å². The molecule has 9 heteroatoms. The number of sulfone groups is 1. The number of anilines is 1. The number of nitrogens with zero attached hydrogens (tertiary/aromatic N) is 3. The number of hydrogen-bond acceptors (Lipinski definition) is 7. The van der Waals surface area contributed by atoms with Crippen molar-refractivity contribution in [3.8, 4) is 11.5 Å². The first-order valence-electron chi connectivity index (χ1n) is 10.3. The molecule has 3 aromatic carbocycles. The second-order valence-corrected chi connectivity index (χ2v) is 8.53. The number of azo groups is 1. The zero-order chi connectivity index (χ0) is 24.2. The molecule has 0 spiro atoms. The highest BCUT2D eigenvalue weighted by Crippen LogP contribution is 2.28. The van der Waals surface area contributed by atoms with Crippen molar-refractivity contribution in [1.82, 2.24) is 0 Å². The van der Waals surface area contributed by atoms with Crippen molar-refractivity contribution in [2.75, 3.05) is 18.6 Å². The lowest BCUT2D eigenvalue weighted by molar-refractivity contribution is 0.364. The van der Waals surface area contributed by atoms with Gasteiger partial charge in [0.25, 0.3) is 5.17 Å². The van der Waals surface area contributed by atoms with Crippen LogP contribution in [-0.2, 0) is 9.84 Å². The van der Waals surface area contributed by atoms with Crippen molar-refractivity contribution >= 4 is 26.4 Å². The van der Waals surface area contributed by atoms with Crippen molar-refractivity contribution in [3.63, 3.8) is 0 Å². The summed E-state index contributed by atoms with van der Waals surface area (Å²) in [5, 5.41) is 11.6. The summed E-state index contributed by atoms with van der Waals surface area (Å²) >= 11 is 0. The number of rotatable bonds is 10. The number of para-hydroxylation sites is 3. The summed E-state index contributed by atoms with van der Waals surface area (Å²) in [6.07, 6.45) is 3.20. The van der Waals surface area contributed by atoms with E-state index >= 15 is 0 Å². The van der Waals surface area contributed by atoms with Crippen LogP contribution in [-0.4, -0.2) is 26.8 Å². The Balaban J connectivity index is 2.00. The minimum absolute atomic E-state index is 0.0295. The molecule has 34 heavy (non-hydrogen) atoms. The van der Waals surface area contributed by atoms with Crippen LogP contribution in [0.3, 0.4) is 0 Å². The molecule has 0 aliphatic rings. The average Bonchev–Trinajstić information content (AvgIpc) is 2.87. The molecule has 0 radical (unpaired) electrons. The van der Waals surface area contributed by atoms with Gasteiger partial charge in [0, 0.05) is 0 Å². The van der Waals surface area contributed by atoms with E-state index in [-0.39, 0.29) is 18.1 Å². The Morgan fingerprint density at radius 1 is 0.824 bits per heavy atom. The van der Waals surface area contributed by atoms with E-state index in [4.69, 9.17) is 9.47 Å². The maximum atomic E-state index is 13.3. The first kappa shape index (κ1) is 24.4. The fourth-order valence-electron chi connectivity index (χ4n) is 2.69. The first-order valence-corrected chi connectivity index (χ1v) is 11.8. The predicted molar refractivity (Wildman–Crippen MR) is 133 cm³/mol. The molecule has 0 bridgehead atoms. The Labute approximate surface area is 198 Å². The molecule has 0 saturated heterocycles. The molecular weight excluding hydrogens is 452 g/mol. The fraction of sp³-hybridized carbons (Fsp3) is 0.0800. The molecule has 1 N–H and O–H groups in total. The Morgan fingerprint density at radius 2 is 1.41 bits per heavy atom. The molecule has 0 heterocycles. The summed E-state index contributed by atoms with van der Waals surface area (Å²) in [7, 11) is -4.09. The molecule has 0 aliphatic heterocycles. The highest BCUT2D eigenvalue weighted by molar-refractivity contribution is 8.06. The second kappa shape index (κ2) is 12.1. The summed E-state index contributed by atoms with van der Waals surface area (Å²) < 4.78 is 37.7. The number of amidine groups is 1. The van der Waals surface area contributed by atoms with Gasteiger partial charge in [0.1, 0.15) is 30.4 Å². The lowest BCUT2D eigenvalue weighted by Crippen LogP contribution is -2.14. The first-order chi connectivity index (χ1) is 16.6. The van der Waals surface area contributed by atoms with Crippen LogP contribution < -0.4 is 14.9 Å². The molecular formula is C25H24N4O4S. The van der Waals surface area contributed by atoms with Gasteiger partial charge in [-0.1, -0.05) is 67.8 Å². The topological polar surface area (TPSA) is 102 Å². The number of hydrazone groups is 1. The number of ether oxygens (including phenoxy) is 2. The molecule has 0 saturated carbocycles. The molecule has 0 unspecified atom stereocenters. The average molecular weight is 477 g/mol. The van der Waals surface area contributed by atoms with Crippen molar-refractivity contribution in [1.29, 1.82) is 0 Å². The fourth-order valence-corrected chi connectivity index (χ4v) is 3.73. The third-order valence-electron chi connectivity index (χ3n) is 4.27. The molecule has 174 valence electrons. The van der Waals surface area contributed by atoms with Gasteiger partial charge in [0.15, 0.2) is 0 Å². The molecule has 3 rings (SSSR count). The van der Waals surface area contributed by atoms with Crippen LogP contribution in [0.1, 0.15) is 0 Å². The zero-order valence-electron chi connectivity index (χ0n) is 18.4. The molecule has 3 aromatic rings. The van der Waals surface area contributed by atoms with Crippen LogP contribution >= 0.6 is 0 Å². The second-order valence-electron chi connectivity index (χ2n) is 6.69. The molecule has 8 nitrogen and oxygen atoms in total. The van der Waals surface area contributed by atoms with E-state index < -0.39 is 15.0 Å². The van der Waals surface area contributed by atoms with Gasteiger partial charge in [-0.3, -0.25) is 5.43 Å². The molecule has 0 amide bonds. The third kappa shape index (κ3) is 6.39. The summed E-state index contributed by atoms with van der Waals surface area (Å²) in [6, 6.07) is 21.7. The van der Waals surface area contributed by atoms with Gasteiger partial charge < -0.3 is 9.47 Å². The standard InChI is InChI=1S/C25H24N4O4S/c1-3-18-32-23-16-10-8-14-21(23)26-28-25(34(30,31)20-12-6-5-7-13-20)29-27-22-15-9-11-17-24(22)33-19-4-2/h3-17,26H,1-2,18-19H2/b28-25+,29-27?. The van der Waals surface area contributed by atoms with Gasteiger partial charge in [-0.15, -0.1) is 15.3 Å². The summed E-state index contributed by atoms with van der Waals surface area (Å²) in [5.74, 6) is 0.904.